The Morgan fingerprint density at radius 3 is 2.47 bits per heavy atom. The molecule has 160 valence electrons. The first-order chi connectivity index (χ1) is 14.2. The lowest BCUT2D eigenvalue weighted by Gasteiger charge is -2.31. The zero-order valence-electron chi connectivity index (χ0n) is 16.7. The molecule has 2 aromatic rings. The van der Waals surface area contributed by atoms with E-state index in [1.165, 1.54) is 35.7 Å². The molecule has 1 N–H and O–H groups in total. The summed E-state index contributed by atoms with van der Waals surface area (Å²) in [5.74, 6) is -1.83. The Balaban J connectivity index is 1.70. The molecule has 1 amide bonds. The van der Waals surface area contributed by atoms with Crippen LogP contribution in [0.2, 0.25) is 0 Å². The smallest absolute Gasteiger partial charge is 0.339 e. The van der Waals surface area contributed by atoms with Crippen molar-refractivity contribution in [3.63, 3.8) is 0 Å². The Kier molecular flexibility index (Phi) is 6.52. The lowest BCUT2D eigenvalue weighted by atomic mass is 9.97. The minimum atomic E-state index is -3.92. The summed E-state index contributed by atoms with van der Waals surface area (Å²) in [7, 11) is -2.73. The number of nitrogens with zero attached hydrogens (tertiary/aromatic N) is 1. The van der Waals surface area contributed by atoms with Crippen molar-refractivity contribution < 1.29 is 27.1 Å². The first-order valence-electron chi connectivity index (χ1n) is 9.48. The number of amides is 1. The monoisotopic (exact) mass is 434 g/mol. The van der Waals surface area contributed by atoms with Crippen molar-refractivity contribution in [2.75, 3.05) is 25.5 Å². The third-order valence-corrected chi connectivity index (χ3v) is 7.15. The molecule has 0 spiro atoms. The molecule has 0 unspecified atom stereocenters. The molecule has 1 aliphatic rings. The highest BCUT2D eigenvalue weighted by molar-refractivity contribution is 7.89. The number of anilines is 1. The van der Waals surface area contributed by atoms with Crippen molar-refractivity contribution in [1.82, 2.24) is 4.31 Å². The highest BCUT2D eigenvalue weighted by Gasteiger charge is 2.34. The van der Waals surface area contributed by atoms with Crippen molar-refractivity contribution in [3.05, 3.63) is 59.4 Å². The number of nitrogens with one attached hydrogen (secondary N) is 1. The SMILES string of the molecule is COC(=O)c1ccccc1S(=O)(=O)N1CCC(C(=O)Nc2cc(F)ccc2C)CC1. The second-order valence-corrected chi connectivity index (χ2v) is 9.02. The van der Waals surface area contributed by atoms with Crippen LogP contribution in [0.3, 0.4) is 0 Å². The number of hydrogen-bond acceptors (Lipinski definition) is 5. The van der Waals surface area contributed by atoms with E-state index in [0.29, 0.717) is 18.5 Å². The molecule has 7 nitrogen and oxygen atoms in total. The molecule has 2 aromatic carbocycles. The van der Waals surface area contributed by atoms with E-state index in [2.05, 4.69) is 10.1 Å². The summed E-state index contributed by atoms with van der Waals surface area (Å²) < 4.78 is 45.5. The van der Waals surface area contributed by atoms with Crippen molar-refractivity contribution in [3.8, 4) is 0 Å². The molecule has 3 rings (SSSR count). The van der Waals surface area contributed by atoms with Gasteiger partial charge in [0.05, 0.1) is 17.6 Å². The van der Waals surface area contributed by atoms with E-state index in [1.54, 1.807) is 25.1 Å². The van der Waals surface area contributed by atoms with E-state index in [9.17, 15) is 22.4 Å². The summed E-state index contributed by atoms with van der Waals surface area (Å²) in [6.07, 6.45) is 0.639. The number of benzene rings is 2. The first-order valence-corrected chi connectivity index (χ1v) is 10.9. The van der Waals surface area contributed by atoms with E-state index in [1.807, 2.05) is 0 Å². The predicted molar refractivity (Wildman–Crippen MR) is 109 cm³/mol. The number of piperidine rings is 1. The summed E-state index contributed by atoms with van der Waals surface area (Å²) in [6, 6.07) is 10.0. The highest BCUT2D eigenvalue weighted by Crippen LogP contribution is 2.27. The zero-order valence-corrected chi connectivity index (χ0v) is 17.5. The number of methoxy groups -OCH3 is 1. The molecule has 0 bridgehead atoms. The number of ether oxygens (including phenoxy) is 1. The molecule has 1 saturated heterocycles. The summed E-state index contributed by atoms with van der Waals surface area (Å²) in [5.41, 5.74) is 1.12. The van der Waals surface area contributed by atoms with Crippen LogP contribution < -0.4 is 5.32 Å². The highest BCUT2D eigenvalue weighted by atomic mass is 32.2. The molecule has 0 radical (unpaired) electrons. The number of carbonyl (C=O) groups excluding carboxylic acids is 2. The van der Waals surface area contributed by atoms with Gasteiger partial charge in [-0.25, -0.2) is 17.6 Å². The number of halogens is 1. The maximum Gasteiger partial charge on any atom is 0.339 e. The summed E-state index contributed by atoms with van der Waals surface area (Å²) in [5, 5.41) is 2.73. The minimum absolute atomic E-state index is 0.0264. The third-order valence-electron chi connectivity index (χ3n) is 5.19. The average molecular weight is 434 g/mol. The molecule has 1 aliphatic heterocycles. The van der Waals surface area contributed by atoms with Gasteiger partial charge in [-0.15, -0.1) is 0 Å². The van der Waals surface area contributed by atoms with E-state index in [0.717, 1.165) is 5.56 Å². The van der Waals surface area contributed by atoms with Gasteiger partial charge in [-0.05, 0) is 49.6 Å². The van der Waals surface area contributed by atoms with Gasteiger partial charge in [0, 0.05) is 24.7 Å². The Morgan fingerprint density at radius 2 is 1.80 bits per heavy atom. The van der Waals surface area contributed by atoms with Gasteiger partial charge in [-0.2, -0.15) is 4.31 Å². The molecule has 1 fully saturated rings. The van der Waals surface area contributed by atoms with Crippen molar-refractivity contribution in [2.45, 2.75) is 24.7 Å². The van der Waals surface area contributed by atoms with Crippen LogP contribution in [-0.4, -0.2) is 44.8 Å². The standard InChI is InChI=1S/C21H23FN2O5S/c1-14-7-8-16(22)13-18(14)23-20(25)15-9-11-24(12-10-15)30(27,28)19-6-4-3-5-17(19)21(26)29-2/h3-8,13,15H,9-12H2,1-2H3,(H,23,25). The second-order valence-electron chi connectivity index (χ2n) is 7.11. The third kappa shape index (κ3) is 4.52. The van der Waals surface area contributed by atoms with E-state index in [4.69, 9.17) is 0 Å². The van der Waals surface area contributed by atoms with Gasteiger partial charge in [-0.1, -0.05) is 18.2 Å². The zero-order chi connectivity index (χ0) is 21.9. The second kappa shape index (κ2) is 8.93. The lowest BCUT2D eigenvalue weighted by Crippen LogP contribution is -2.41. The fraction of sp³-hybridized carbons (Fsp3) is 0.333. The van der Waals surface area contributed by atoms with Crippen LogP contribution >= 0.6 is 0 Å². The van der Waals surface area contributed by atoms with Gasteiger partial charge in [0.25, 0.3) is 0 Å². The molecule has 9 heteroatoms. The topological polar surface area (TPSA) is 92.8 Å². The van der Waals surface area contributed by atoms with E-state index >= 15 is 0 Å². The van der Waals surface area contributed by atoms with Crippen LogP contribution in [0.15, 0.2) is 47.4 Å². The number of esters is 1. The number of hydrogen-bond donors (Lipinski definition) is 1. The molecule has 1 heterocycles. The normalized spacial score (nSPS) is 15.6. The fourth-order valence-corrected chi connectivity index (χ4v) is 5.08. The summed E-state index contributed by atoms with van der Waals surface area (Å²) >= 11 is 0. The molecule has 0 aromatic heterocycles. The lowest BCUT2D eigenvalue weighted by molar-refractivity contribution is -0.120. The Bertz CT molecular complexity index is 1060. The quantitative estimate of drug-likeness (QED) is 0.731. The van der Waals surface area contributed by atoms with Gasteiger partial charge in [0.2, 0.25) is 15.9 Å². The molecule has 0 atom stereocenters. The summed E-state index contributed by atoms with van der Waals surface area (Å²) in [6.45, 7) is 2.04. The molecular weight excluding hydrogens is 411 g/mol. The van der Waals surface area contributed by atoms with Gasteiger partial charge in [0.15, 0.2) is 0 Å². The van der Waals surface area contributed by atoms with Gasteiger partial charge in [-0.3, -0.25) is 4.79 Å². The van der Waals surface area contributed by atoms with Crippen LogP contribution in [0.25, 0.3) is 0 Å². The average Bonchev–Trinajstić information content (AvgIpc) is 2.75. The van der Waals surface area contributed by atoms with Gasteiger partial charge < -0.3 is 10.1 Å². The fourth-order valence-electron chi connectivity index (χ4n) is 3.43. The molecule has 30 heavy (non-hydrogen) atoms. The van der Waals surface area contributed by atoms with E-state index in [-0.39, 0.29) is 29.5 Å². The first kappa shape index (κ1) is 21.9. The largest absolute Gasteiger partial charge is 0.465 e. The maximum absolute atomic E-state index is 13.4. The Labute approximate surface area is 174 Å². The summed E-state index contributed by atoms with van der Waals surface area (Å²) in [4.78, 5) is 24.4. The van der Waals surface area contributed by atoms with Crippen molar-refractivity contribution in [1.29, 1.82) is 0 Å². The van der Waals surface area contributed by atoms with Crippen LogP contribution in [0.4, 0.5) is 10.1 Å². The minimum Gasteiger partial charge on any atom is -0.465 e. The Hall–Kier alpha value is -2.78. The molecule has 0 saturated carbocycles. The van der Waals surface area contributed by atoms with Crippen LogP contribution in [0.1, 0.15) is 28.8 Å². The molecular formula is C21H23FN2O5S. The molecule has 0 aliphatic carbocycles. The van der Waals surface area contributed by atoms with Crippen molar-refractivity contribution in [2.24, 2.45) is 5.92 Å². The van der Waals surface area contributed by atoms with Crippen LogP contribution in [0.5, 0.6) is 0 Å². The van der Waals surface area contributed by atoms with Crippen LogP contribution in [0, 0.1) is 18.7 Å². The van der Waals surface area contributed by atoms with Crippen molar-refractivity contribution >= 4 is 27.6 Å². The number of aryl methyl sites for hydroxylation is 1. The van der Waals surface area contributed by atoms with Gasteiger partial charge in [0.1, 0.15) is 5.82 Å². The Morgan fingerprint density at radius 1 is 1.13 bits per heavy atom. The van der Waals surface area contributed by atoms with E-state index < -0.39 is 27.7 Å². The van der Waals surface area contributed by atoms with Crippen LogP contribution in [-0.2, 0) is 19.6 Å². The number of rotatable bonds is 5. The predicted octanol–water partition coefficient (Wildman–Crippen LogP) is 2.96. The number of sulfonamides is 1. The van der Waals surface area contributed by atoms with Gasteiger partial charge >= 0.3 is 5.97 Å². The number of carbonyl (C=O) groups is 2. The maximum atomic E-state index is 13.4.